The second-order valence-electron chi connectivity index (χ2n) is 4.19. The van der Waals surface area contributed by atoms with Crippen molar-refractivity contribution >= 4 is 28.5 Å². The molecule has 13 heteroatoms. The van der Waals surface area contributed by atoms with E-state index < -0.39 is 51.6 Å². The van der Waals surface area contributed by atoms with Crippen LogP contribution < -0.4 is 67.5 Å². The van der Waals surface area contributed by atoms with Gasteiger partial charge in [-0.1, -0.05) is 0 Å². The summed E-state index contributed by atoms with van der Waals surface area (Å²) in [7, 11) is 0. The Bertz CT molecular complexity index is 784. The van der Waals surface area contributed by atoms with E-state index in [-0.39, 0.29) is 70.2 Å². The molecular formula is C13H6F2Na2O7S2. The van der Waals surface area contributed by atoms with Gasteiger partial charge in [-0.05, 0) is 36.4 Å². The van der Waals surface area contributed by atoms with Gasteiger partial charge in [-0.25, -0.2) is 17.2 Å². The average molecular weight is 422 g/mol. The zero-order valence-electron chi connectivity index (χ0n) is 13.4. The molecule has 7 nitrogen and oxygen atoms in total. The summed E-state index contributed by atoms with van der Waals surface area (Å²) in [6.45, 7) is 0. The maximum absolute atomic E-state index is 13.4. The first-order chi connectivity index (χ1) is 11.3. The normalized spacial score (nSPS) is 12.2. The molecule has 0 fully saturated rings. The van der Waals surface area contributed by atoms with Crippen molar-refractivity contribution < 1.29 is 98.6 Å². The van der Waals surface area contributed by atoms with E-state index in [2.05, 4.69) is 8.37 Å². The Morgan fingerprint density at radius 2 is 1.15 bits per heavy atom. The Hall–Kier alpha value is -0.210. The minimum atomic E-state index is -3.05. The number of hydrogen-bond acceptors (Lipinski definition) is 7. The van der Waals surface area contributed by atoms with Crippen LogP contribution in [0.25, 0.3) is 0 Å². The second-order valence-corrected chi connectivity index (χ2v) is 5.34. The van der Waals surface area contributed by atoms with Crippen molar-refractivity contribution in [2.24, 2.45) is 0 Å². The molecule has 26 heavy (non-hydrogen) atoms. The quantitative estimate of drug-likeness (QED) is 0.262. The number of hydrogen-bond donors (Lipinski definition) is 0. The van der Waals surface area contributed by atoms with E-state index in [1.165, 1.54) is 0 Å². The van der Waals surface area contributed by atoms with Gasteiger partial charge in [-0.15, -0.1) is 0 Å². The number of halogens is 2. The topological polar surface area (TPSA) is 116 Å². The molecule has 0 bridgehead atoms. The summed E-state index contributed by atoms with van der Waals surface area (Å²) in [5.74, 6) is -4.19. The summed E-state index contributed by atoms with van der Waals surface area (Å²) in [6, 6.07) is 5.39. The fraction of sp³-hybridized carbons (Fsp3) is 0. The smallest absolute Gasteiger partial charge is 0.740 e. The van der Waals surface area contributed by atoms with Crippen LogP contribution in [-0.4, -0.2) is 23.3 Å². The molecule has 0 aliphatic heterocycles. The molecule has 0 heterocycles. The third-order valence-electron chi connectivity index (χ3n) is 2.70. The number of carbonyl (C=O) groups is 1. The molecule has 2 unspecified atom stereocenters. The van der Waals surface area contributed by atoms with E-state index >= 15 is 0 Å². The summed E-state index contributed by atoms with van der Waals surface area (Å²) >= 11 is -6.09. The Labute approximate surface area is 196 Å². The first-order valence-corrected chi connectivity index (χ1v) is 7.97. The van der Waals surface area contributed by atoms with Crippen LogP contribution >= 0.6 is 0 Å². The van der Waals surface area contributed by atoms with Gasteiger partial charge >= 0.3 is 59.1 Å². The molecule has 0 aliphatic rings. The van der Waals surface area contributed by atoms with Gasteiger partial charge in [0.05, 0.1) is 0 Å². The van der Waals surface area contributed by atoms with Gasteiger partial charge in [-0.2, -0.15) is 0 Å². The van der Waals surface area contributed by atoms with Gasteiger partial charge in [-0.3, -0.25) is 4.79 Å². The summed E-state index contributed by atoms with van der Waals surface area (Å²) in [6.07, 6.45) is 0. The molecule has 0 spiro atoms. The van der Waals surface area contributed by atoms with Crippen molar-refractivity contribution in [1.82, 2.24) is 0 Å². The van der Waals surface area contributed by atoms with E-state index in [0.29, 0.717) is 0 Å². The molecular weight excluding hydrogens is 416 g/mol. The van der Waals surface area contributed by atoms with Gasteiger partial charge in [0.2, 0.25) is 0 Å². The predicted octanol–water partition coefficient (Wildman–Crippen LogP) is -4.45. The van der Waals surface area contributed by atoms with Crippen LogP contribution in [0.15, 0.2) is 36.4 Å². The molecule has 0 saturated heterocycles. The van der Waals surface area contributed by atoms with Crippen molar-refractivity contribution in [2.75, 3.05) is 0 Å². The van der Waals surface area contributed by atoms with Crippen LogP contribution in [0.3, 0.4) is 0 Å². The van der Waals surface area contributed by atoms with Gasteiger partial charge in [0.15, 0.2) is 28.9 Å². The molecule has 2 aromatic carbocycles. The Morgan fingerprint density at radius 3 is 1.46 bits per heavy atom. The Balaban J connectivity index is 0.00000312. The van der Waals surface area contributed by atoms with Crippen LogP contribution in [0.4, 0.5) is 8.78 Å². The van der Waals surface area contributed by atoms with Crippen LogP contribution in [0.2, 0.25) is 0 Å². The van der Waals surface area contributed by atoms with E-state index in [1.807, 2.05) is 0 Å². The van der Waals surface area contributed by atoms with Crippen molar-refractivity contribution in [3.8, 4) is 11.5 Å². The fourth-order valence-electron chi connectivity index (χ4n) is 1.73. The van der Waals surface area contributed by atoms with Crippen molar-refractivity contribution in [1.29, 1.82) is 0 Å². The molecule has 128 valence electrons. The minimum Gasteiger partial charge on any atom is -0.740 e. The summed E-state index contributed by atoms with van der Waals surface area (Å²) in [4.78, 5) is 12.3. The second kappa shape index (κ2) is 11.6. The molecule has 0 saturated carbocycles. The molecule has 0 radical (unpaired) electrons. The Kier molecular flexibility index (Phi) is 11.5. The minimum absolute atomic E-state index is 0. The fourth-order valence-corrected chi connectivity index (χ4v) is 2.28. The molecule has 2 atom stereocenters. The van der Waals surface area contributed by atoms with Crippen LogP contribution in [0.5, 0.6) is 11.5 Å². The first-order valence-electron chi connectivity index (χ1n) is 5.97. The third kappa shape index (κ3) is 7.08. The maximum Gasteiger partial charge on any atom is 1.00 e. The SMILES string of the molecule is O=C(c1ccc(F)c(OS(=O)[O-])c1)c1ccc(F)c(OS(=O)[O-])c1.[Na+].[Na+]. The number of benzene rings is 2. The standard InChI is InChI=1S/C13H8F2O7S2.2Na/c14-9-3-1-7(5-11(9)21-23(17)18)13(16)8-2-4-10(15)12(6-8)22-24(19)20;;/h1-6H,(H,17,18)(H,19,20);;/q;2*+1/p-2. The molecule has 0 aliphatic carbocycles. The molecule has 0 N–H and O–H groups in total. The molecule has 2 rings (SSSR count). The van der Waals surface area contributed by atoms with Crippen molar-refractivity contribution in [3.63, 3.8) is 0 Å². The van der Waals surface area contributed by atoms with E-state index in [9.17, 15) is 31.1 Å². The molecule has 2 aromatic rings. The Morgan fingerprint density at radius 1 is 0.808 bits per heavy atom. The number of rotatable bonds is 6. The van der Waals surface area contributed by atoms with Gasteiger partial charge < -0.3 is 17.5 Å². The third-order valence-corrected chi connectivity index (χ3v) is 3.33. The van der Waals surface area contributed by atoms with Gasteiger partial charge in [0, 0.05) is 11.1 Å². The zero-order valence-corrected chi connectivity index (χ0v) is 19.0. The first kappa shape index (κ1) is 25.8. The van der Waals surface area contributed by atoms with E-state index in [1.54, 1.807) is 0 Å². The maximum atomic E-state index is 13.4. The zero-order chi connectivity index (χ0) is 17.9. The molecule has 0 amide bonds. The van der Waals surface area contributed by atoms with Crippen LogP contribution in [0, 0.1) is 11.6 Å². The van der Waals surface area contributed by atoms with Gasteiger partial charge in [0.25, 0.3) is 0 Å². The number of carbonyl (C=O) groups excluding carboxylic acids is 1. The predicted molar refractivity (Wildman–Crippen MR) is 75.3 cm³/mol. The van der Waals surface area contributed by atoms with Gasteiger partial charge in [0.1, 0.15) is 22.7 Å². The summed E-state index contributed by atoms with van der Waals surface area (Å²) in [5, 5.41) is 0. The summed E-state index contributed by atoms with van der Waals surface area (Å²) < 4.78 is 77.1. The largest absolute Gasteiger partial charge is 1.00 e. The average Bonchev–Trinajstić information content (AvgIpc) is 2.50. The van der Waals surface area contributed by atoms with Crippen molar-refractivity contribution in [3.05, 3.63) is 59.2 Å². The van der Waals surface area contributed by atoms with Crippen LogP contribution in [-0.2, 0) is 22.7 Å². The van der Waals surface area contributed by atoms with E-state index in [0.717, 1.165) is 36.4 Å². The number of ketones is 1. The van der Waals surface area contributed by atoms with E-state index in [4.69, 9.17) is 0 Å². The van der Waals surface area contributed by atoms with Crippen molar-refractivity contribution in [2.45, 2.75) is 0 Å². The van der Waals surface area contributed by atoms with Crippen LogP contribution in [0.1, 0.15) is 15.9 Å². The summed E-state index contributed by atoms with van der Waals surface area (Å²) in [5.41, 5.74) is -0.338. The monoisotopic (exact) mass is 422 g/mol. The molecule has 0 aromatic heterocycles.